The van der Waals surface area contributed by atoms with Crippen molar-refractivity contribution < 1.29 is 47.3 Å². The molecule has 61 valence electrons. The largest absolute Gasteiger partial charge is 2.00 e. The number of aliphatic hydroxyl groups excluding tert-OH is 1. The molecule has 1 N–H and O–H groups in total. The number of aliphatic carboxylic acids is 2. The van der Waals surface area contributed by atoms with Gasteiger partial charge in [0.1, 0.15) is 0 Å². The number of carbonyl (C=O) groups is 2. The second-order valence-electron chi connectivity index (χ2n) is 1.41. The molecule has 0 bridgehead atoms. The Hall–Kier alpha value is -0.360. The first kappa shape index (κ1) is 12.3. The standard InChI is InChI=1S/C4H6O5.Ag/c5-2(4(8)9)1-3(6)7;/h2,5H,1H2,(H,6,7)(H,8,9);/q;+2/p-2. The molecule has 0 amide bonds. The summed E-state index contributed by atoms with van der Waals surface area (Å²) in [5.74, 6) is -3.43. The SMILES string of the molecule is O=C([O-])CC(O)C(=O)[O-].[Ag+2]. The van der Waals surface area contributed by atoms with Gasteiger partial charge in [0.05, 0.1) is 12.1 Å². The quantitative estimate of drug-likeness (QED) is 0.510. The fraction of sp³-hybridized carbons (Fsp3) is 0.500. The molecule has 1 radical (unpaired) electrons. The zero-order valence-electron chi connectivity index (χ0n) is 4.67. The summed E-state index contributed by atoms with van der Waals surface area (Å²) < 4.78 is 0. The summed E-state index contributed by atoms with van der Waals surface area (Å²) in [4.78, 5) is 19.1. The van der Waals surface area contributed by atoms with Crippen LogP contribution in [-0.2, 0) is 32.0 Å². The van der Waals surface area contributed by atoms with E-state index in [0.29, 0.717) is 0 Å². The Balaban J connectivity index is 0. The minimum atomic E-state index is -1.96. The number of carboxylic acid groups (broad SMARTS) is 2. The number of carboxylic acids is 2. The van der Waals surface area contributed by atoms with E-state index in [4.69, 9.17) is 5.11 Å². The third kappa shape index (κ3) is 5.77. The molecule has 0 saturated carbocycles. The minimum absolute atomic E-state index is 0. The zero-order chi connectivity index (χ0) is 7.44. The molecule has 0 aromatic heterocycles. The predicted octanol–water partition coefficient (Wildman–Crippen LogP) is -3.77. The summed E-state index contributed by atoms with van der Waals surface area (Å²) in [5, 5.41) is 27.3. The van der Waals surface area contributed by atoms with E-state index < -0.39 is 24.5 Å². The Labute approximate surface area is 72.2 Å². The molecule has 1 atom stereocenters. The van der Waals surface area contributed by atoms with E-state index in [1.807, 2.05) is 0 Å². The topological polar surface area (TPSA) is 100 Å². The van der Waals surface area contributed by atoms with E-state index in [1.54, 1.807) is 0 Å². The molecule has 0 aromatic rings. The Bertz CT molecular complexity index is 134. The van der Waals surface area contributed by atoms with Crippen molar-refractivity contribution in [3.63, 3.8) is 0 Å². The molecule has 5 nitrogen and oxygen atoms in total. The van der Waals surface area contributed by atoms with E-state index in [0.717, 1.165) is 0 Å². The van der Waals surface area contributed by atoms with Crippen LogP contribution in [-0.4, -0.2) is 23.1 Å². The van der Waals surface area contributed by atoms with Gasteiger partial charge in [-0.05, 0) is 0 Å². The maximum absolute atomic E-state index is 9.58. The van der Waals surface area contributed by atoms with Crippen molar-refractivity contribution in [1.29, 1.82) is 0 Å². The molecule has 1 unspecified atom stereocenters. The van der Waals surface area contributed by atoms with Gasteiger partial charge in [-0.3, -0.25) is 0 Å². The van der Waals surface area contributed by atoms with Crippen LogP contribution in [0, 0.1) is 0 Å². The smallest absolute Gasteiger partial charge is 0.550 e. The average Bonchev–Trinajstić information content (AvgIpc) is 1.63. The Morgan fingerprint density at radius 1 is 1.40 bits per heavy atom. The average molecular weight is 240 g/mol. The second kappa shape index (κ2) is 5.43. The fourth-order valence-electron chi connectivity index (χ4n) is 0.241. The van der Waals surface area contributed by atoms with Gasteiger partial charge in [0.2, 0.25) is 0 Å². The molecule has 10 heavy (non-hydrogen) atoms. The monoisotopic (exact) mass is 239 g/mol. The van der Waals surface area contributed by atoms with Gasteiger partial charge in [0.25, 0.3) is 0 Å². The van der Waals surface area contributed by atoms with Crippen molar-refractivity contribution in [3.8, 4) is 0 Å². The first-order valence-electron chi connectivity index (χ1n) is 2.13. The van der Waals surface area contributed by atoms with E-state index in [-0.39, 0.29) is 22.4 Å². The van der Waals surface area contributed by atoms with Crippen LogP contribution in [0.5, 0.6) is 0 Å². The molecular weight excluding hydrogens is 236 g/mol. The molecule has 0 aromatic carbocycles. The first-order valence-corrected chi connectivity index (χ1v) is 2.13. The number of hydrogen-bond acceptors (Lipinski definition) is 5. The fourth-order valence-corrected chi connectivity index (χ4v) is 0.241. The summed E-state index contributed by atoms with van der Waals surface area (Å²) in [6.45, 7) is 0. The summed E-state index contributed by atoms with van der Waals surface area (Å²) in [6, 6.07) is 0. The summed E-state index contributed by atoms with van der Waals surface area (Å²) in [7, 11) is 0. The molecule has 0 aliphatic heterocycles. The van der Waals surface area contributed by atoms with Gasteiger partial charge >= 0.3 is 22.4 Å². The van der Waals surface area contributed by atoms with Crippen molar-refractivity contribution in [2.75, 3.05) is 0 Å². The Kier molecular flexibility index (Phi) is 6.69. The van der Waals surface area contributed by atoms with Gasteiger partial charge in [-0.2, -0.15) is 0 Å². The van der Waals surface area contributed by atoms with E-state index in [1.165, 1.54) is 0 Å². The number of hydrogen-bond donors (Lipinski definition) is 1. The third-order valence-corrected chi connectivity index (χ3v) is 0.632. The molecule has 0 spiro atoms. The zero-order valence-corrected chi connectivity index (χ0v) is 6.15. The van der Waals surface area contributed by atoms with Gasteiger partial charge in [-0.15, -0.1) is 0 Å². The van der Waals surface area contributed by atoms with Crippen LogP contribution in [0.2, 0.25) is 0 Å². The molecule has 0 heterocycles. The van der Waals surface area contributed by atoms with Gasteiger partial charge in [0, 0.05) is 12.4 Å². The molecule has 0 aliphatic carbocycles. The maximum atomic E-state index is 9.58. The van der Waals surface area contributed by atoms with Gasteiger partial charge in [-0.25, -0.2) is 0 Å². The van der Waals surface area contributed by atoms with Crippen molar-refractivity contribution in [2.24, 2.45) is 0 Å². The van der Waals surface area contributed by atoms with E-state index in [2.05, 4.69) is 0 Å². The third-order valence-electron chi connectivity index (χ3n) is 0.632. The second-order valence-corrected chi connectivity index (χ2v) is 1.41. The van der Waals surface area contributed by atoms with Crippen LogP contribution in [0.4, 0.5) is 0 Å². The maximum Gasteiger partial charge on any atom is 2.00 e. The van der Waals surface area contributed by atoms with Crippen molar-refractivity contribution >= 4 is 11.9 Å². The van der Waals surface area contributed by atoms with E-state index >= 15 is 0 Å². The van der Waals surface area contributed by atoms with E-state index in [9.17, 15) is 19.8 Å². The molecule has 0 rings (SSSR count). The van der Waals surface area contributed by atoms with Crippen molar-refractivity contribution in [1.82, 2.24) is 0 Å². The van der Waals surface area contributed by atoms with Gasteiger partial charge < -0.3 is 24.9 Å². The molecule has 6 heteroatoms. The first-order chi connectivity index (χ1) is 4.04. The summed E-state index contributed by atoms with van der Waals surface area (Å²) in [5.41, 5.74) is 0. The van der Waals surface area contributed by atoms with Gasteiger partial charge in [-0.1, -0.05) is 0 Å². The number of aliphatic hydroxyl groups is 1. The van der Waals surface area contributed by atoms with Gasteiger partial charge in [0.15, 0.2) is 0 Å². The summed E-state index contributed by atoms with van der Waals surface area (Å²) in [6.07, 6.45) is -2.89. The van der Waals surface area contributed by atoms with Crippen LogP contribution in [0.3, 0.4) is 0 Å². The molecular formula is C4H4AgO5. The van der Waals surface area contributed by atoms with Crippen LogP contribution in [0.1, 0.15) is 6.42 Å². The Morgan fingerprint density at radius 2 is 1.80 bits per heavy atom. The van der Waals surface area contributed by atoms with Crippen LogP contribution in [0.25, 0.3) is 0 Å². The minimum Gasteiger partial charge on any atom is -0.550 e. The van der Waals surface area contributed by atoms with Crippen LogP contribution < -0.4 is 10.2 Å². The normalized spacial score (nSPS) is 11.3. The number of carbonyl (C=O) groups excluding carboxylic acids is 2. The Morgan fingerprint density at radius 3 is 1.90 bits per heavy atom. The van der Waals surface area contributed by atoms with Crippen LogP contribution >= 0.6 is 0 Å². The molecule has 0 saturated heterocycles. The van der Waals surface area contributed by atoms with Crippen molar-refractivity contribution in [3.05, 3.63) is 0 Å². The number of rotatable bonds is 3. The molecule has 0 fully saturated rings. The molecule has 0 aliphatic rings. The predicted molar refractivity (Wildman–Crippen MR) is 20.6 cm³/mol. The van der Waals surface area contributed by atoms with Crippen LogP contribution in [0.15, 0.2) is 0 Å². The summed E-state index contributed by atoms with van der Waals surface area (Å²) >= 11 is 0. The van der Waals surface area contributed by atoms with Crippen molar-refractivity contribution in [2.45, 2.75) is 12.5 Å².